The SMILES string of the molecule is COc1ccc(-c2c(NCCCN(C)C)nc(N)nc2-c2ccc(F)c(Cl)c2)cc1C(F)(F)F. The number of nitrogens with one attached hydrogen (secondary N) is 1. The highest BCUT2D eigenvalue weighted by Gasteiger charge is 2.35. The molecule has 0 amide bonds. The number of ether oxygens (including phenoxy) is 1. The first-order valence-corrected chi connectivity index (χ1v) is 10.7. The zero-order valence-electron chi connectivity index (χ0n) is 18.8. The van der Waals surface area contributed by atoms with Crippen LogP contribution in [0.25, 0.3) is 22.4 Å². The maximum atomic E-state index is 13.8. The molecule has 3 aromatic rings. The van der Waals surface area contributed by atoms with Gasteiger partial charge in [-0.1, -0.05) is 17.7 Å². The van der Waals surface area contributed by atoms with E-state index in [4.69, 9.17) is 22.1 Å². The summed E-state index contributed by atoms with van der Waals surface area (Å²) < 4.78 is 59.9. The zero-order valence-corrected chi connectivity index (χ0v) is 19.6. The normalized spacial score (nSPS) is 11.7. The van der Waals surface area contributed by atoms with Crippen LogP contribution in [0.3, 0.4) is 0 Å². The number of anilines is 2. The molecule has 11 heteroatoms. The standard InChI is InChI=1S/C23H24ClF4N5O/c1-33(2)10-4-9-30-21-19(13-6-8-18(34-3)15(11-13)23(26,27)28)20(31-22(29)32-21)14-5-7-17(25)16(24)12-14/h5-8,11-12H,4,9-10H2,1-3H3,(H3,29,30,31,32). The van der Waals surface area contributed by atoms with Gasteiger partial charge in [0.15, 0.2) is 0 Å². The first-order valence-electron chi connectivity index (χ1n) is 10.3. The molecule has 0 saturated carbocycles. The molecule has 0 spiro atoms. The van der Waals surface area contributed by atoms with E-state index >= 15 is 0 Å². The van der Waals surface area contributed by atoms with E-state index in [1.807, 2.05) is 19.0 Å². The topological polar surface area (TPSA) is 76.3 Å². The van der Waals surface area contributed by atoms with Crippen molar-refractivity contribution in [1.82, 2.24) is 14.9 Å². The number of alkyl halides is 3. The van der Waals surface area contributed by atoms with E-state index in [9.17, 15) is 17.6 Å². The molecule has 0 fully saturated rings. The van der Waals surface area contributed by atoms with Crippen LogP contribution in [-0.2, 0) is 6.18 Å². The lowest BCUT2D eigenvalue weighted by atomic mass is 9.97. The van der Waals surface area contributed by atoms with Gasteiger partial charge in [0.2, 0.25) is 5.95 Å². The summed E-state index contributed by atoms with van der Waals surface area (Å²) in [6.07, 6.45) is -3.92. The highest BCUT2D eigenvalue weighted by molar-refractivity contribution is 6.31. The molecule has 0 bridgehead atoms. The summed E-state index contributed by atoms with van der Waals surface area (Å²) in [6.45, 7) is 1.26. The molecule has 0 saturated heterocycles. The zero-order chi connectivity index (χ0) is 25.0. The lowest BCUT2D eigenvalue weighted by Gasteiger charge is -2.19. The Morgan fingerprint density at radius 2 is 1.79 bits per heavy atom. The maximum absolute atomic E-state index is 13.8. The summed E-state index contributed by atoms with van der Waals surface area (Å²) in [4.78, 5) is 10.5. The van der Waals surface area contributed by atoms with Gasteiger partial charge in [0.1, 0.15) is 17.4 Å². The fourth-order valence-electron chi connectivity index (χ4n) is 3.42. The summed E-state index contributed by atoms with van der Waals surface area (Å²) in [5.74, 6) is -0.807. The van der Waals surface area contributed by atoms with E-state index in [1.54, 1.807) is 0 Å². The molecular weight excluding hydrogens is 474 g/mol. The fraction of sp³-hybridized carbons (Fsp3) is 0.304. The van der Waals surface area contributed by atoms with Crippen LogP contribution in [0.15, 0.2) is 36.4 Å². The quantitative estimate of drug-likeness (QED) is 0.313. The number of rotatable bonds is 8. The number of hydrogen-bond acceptors (Lipinski definition) is 6. The highest BCUT2D eigenvalue weighted by atomic mass is 35.5. The third-order valence-corrected chi connectivity index (χ3v) is 5.28. The molecule has 1 aromatic heterocycles. The van der Waals surface area contributed by atoms with Crippen molar-refractivity contribution in [2.45, 2.75) is 12.6 Å². The van der Waals surface area contributed by atoms with E-state index in [-0.39, 0.29) is 39.4 Å². The minimum absolute atomic E-state index is 0.0983. The predicted octanol–water partition coefficient (Wildman–Crippen LogP) is 5.58. The van der Waals surface area contributed by atoms with Crippen LogP contribution < -0.4 is 15.8 Å². The average Bonchev–Trinajstić information content (AvgIpc) is 2.77. The number of benzene rings is 2. The molecule has 1 heterocycles. The number of aromatic nitrogens is 2. The Bertz CT molecular complexity index is 1170. The summed E-state index contributed by atoms with van der Waals surface area (Å²) in [6, 6.07) is 7.59. The van der Waals surface area contributed by atoms with Gasteiger partial charge in [0, 0.05) is 12.1 Å². The molecule has 0 aliphatic heterocycles. The molecule has 0 unspecified atom stereocenters. The van der Waals surface area contributed by atoms with E-state index in [2.05, 4.69) is 15.3 Å². The Morgan fingerprint density at radius 3 is 2.41 bits per heavy atom. The molecule has 182 valence electrons. The molecule has 0 atom stereocenters. The first-order chi connectivity index (χ1) is 16.0. The van der Waals surface area contributed by atoms with Gasteiger partial charge in [0.05, 0.1) is 29.0 Å². The predicted molar refractivity (Wildman–Crippen MR) is 125 cm³/mol. The van der Waals surface area contributed by atoms with E-state index < -0.39 is 17.6 Å². The maximum Gasteiger partial charge on any atom is 0.419 e. The molecule has 2 aromatic carbocycles. The van der Waals surface area contributed by atoms with Gasteiger partial charge < -0.3 is 20.7 Å². The van der Waals surface area contributed by atoms with Gasteiger partial charge in [-0.3, -0.25) is 0 Å². The molecular formula is C23H24ClF4N5O. The first kappa shape index (κ1) is 25.5. The van der Waals surface area contributed by atoms with Crippen molar-refractivity contribution in [3.8, 4) is 28.1 Å². The molecule has 0 aliphatic carbocycles. The number of nitrogens with two attached hydrogens (primary N) is 1. The van der Waals surface area contributed by atoms with Crippen molar-refractivity contribution in [3.05, 3.63) is 52.8 Å². The molecule has 3 rings (SSSR count). The van der Waals surface area contributed by atoms with Crippen molar-refractivity contribution in [1.29, 1.82) is 0 Å². The fourth-order valence-corrected chi connectivity index (χ4v) is 3.60. The second-order valence-corrected chi connectivity index (χ2v) is 8.19. The van der Waals surface area contributed by atoms with Gasteiger partial charge in [0.25, 0.3) is 0 Å². The third kappa shape index (κ3) is 5.87. The molecule has 34 heavy (non-hydrogen) atoms. The average molecular weight is 498 g/mol. The Kier molecular flexibility index (Phi) is 7.83. The molecule has 0 aliphatic rings. The third-order valence-electron chi connectivity index (χ3n) is 4.99. The summed E-state index contributed by atoms with van der Waals surface area (Å²) >= 11 is 5.96. The van der Waals surface area contributed by atoms with Crippen molar-refractivity contribution in [3.63, 3.8) is 0 Å². The van der Waals surface area contributed by atoms with Crippen molar-refractivity contribution in [2.75, 3.05) is 45.3 Å². The van der Waals surface area contributed by atoms with Gasteiger partial charge in [-0.2, -0.15) is 18.2 Å². The Labute approximate surface area is 199 Å². The van der Waals surface area contributed by atoms with Crippen LogP contribution in [0.2, 0.25) is 5.02 Å². The second-order valence-electron chi connectivity index (χ2n) is 7.78. The van der Waals surface area contributed by atoms with Crippen LogP contribution in [0.5, 0.6) is 5.75 Å². The number of methoxy groups -OCH3 is 1. The van der Waals surface area contributed by atoms with Crippen LogP contribution >= 0.6 is 11.6 Å². The smallest absolute Gasteiger partial charge is 0.419 e. The summed E-state index contributed by atoms with van der Waals surface area (Å²) in [5.41, 5.74) is 6.01. The number of hydrogen-bond donors (Lipinski definition) is 2. The molecule has 3 N–H and O–H groups in total. The highest BCUT2D eigenvalue weighted by Crippen LogP contribution is 2.42. The van der Waals surface area contributed by atoms with Crippen molar-refractivity contribution >= 4 is 23.4 Å². The Balaban J connectivity index is 2.22. The van der Waals surface area contributed by atoms with E-state index in [0.717, 1.165) is 25.1 Å². The van der Waals surface area contributed by atoms with Gasteiger partial charge in [-0.05, 0) is 63.0 Å². The van der Waals surface area contributed by atoms with Crippen LogP contribution in [0.1, 0.15) is 12.0 Å². The number of nitrogens with zero attached hydrogens (tertiary/aromatic N) is 3. The van der Waals surface area contributed by atoms with Gasteiger partial charge >= 0.3 is 6.18 Å². The van der Waals surface area contributed by atoms with E-state index in [1.165, 1.54) is 31.4 Å². The largest absolute Gasteiger partial charge is 0.496 e. The lowest BCUT2D eigenvalue weighted by Crippen LogP contribution is -2.17. The summed E-state index contributed by atoms with van der Waals surface area (Å²) in [7, 11) is 5.03. The van der Waals surface area contributed by atoms with Crippen LogP contribution in [0, 0.1) is 5.82 Å². The van der Waals surface area contributed by atoms with Crippen molar-refractivity contribution < 1.29 is 22.3 Å². The van der Waals surface area contributed by atoms with Crippen molar-refractivity contribution in [2.24, 2.45) is 0 Å². The molecule has 0 radical (unpaired) electrons. The minimum atomic E-state index is -4.66. The van der Waals surface area contributed by atoms with Crippen LogP contribution in [0.4, 0.5) is 29.3 Å². The molecule has 6 nitrogen and oxygen atoms in total. The lowest BCUT2D eigenvalue weighted by molar-refractivity contribution is -0.138. The Morgan fingerprint density at radius 1 is 1.09 bits per heavy atom. The number of halogens is 5. The number of nitrogen functional groups attached to an aromatic ring is 1. The van der Waals surface area contributed by atoms with E-state index in [0.29, 0.717) is 12.1 Å². The van der Waals surface area contributed by atoms with Gasteiger partial charge in [-0.15, -0.1) is 0 Å². The Hall–Kier alpha value is -3.11. The second kappa shape index (κ2) is 10.4. The van der Waals surface area contributed by atoms with Gasteiger partial charge in [-0.25, -0.2) is 9.37 Å². The minimum Gasteiger partial charge on any atom is -0.496 e. The monoisotopic (exact) mass is 497 g/mol. The summed E-state index contributed by atoms with van der Waals surface area (Å²) in [5, 5.41) is 2.99. The van der Waals surface area contributed by atoms with Crippen LogP contribution in [-0.4, -0.2) is 49.2 Å².